The first kappa shape index (κ1) is 13.7. The Hall–Kier alpha value is -1.35. The van der Waals surface area contributed by atoms with Crippen LogP contribution in [0.15, 0.2) is 24.3 Å². The summed E-state index contributed by atoms with van der Waals surface area (Å²) in [5.74, 6) is 0.313. The molecule has 0 aliphatic rings. The van der Waals surface area contributed by atoms with Crippen LogP contribution in [0.3, 0.4) is 0 Å². The summed E-state index contributed by atoms with van der Waals surface area (Å²) in [7, 11) is 4.10. The van der Waals surface area contributed by atoms with E-state index in [2.05, 4.69) is 19.0 Å². The van der Waals surface area contributed by atoms with E-state index in [4.69, 9.17) is 5.73 Å². The van der Waals surface area contributed by atoms with Crippen molar-refractivity contribution in [3.05, 3.63) is 29.8 Å². The quantitative estimate of drug-likeness (QED) is 0.580. The second-order valence-corrected chi connectivity index (χ2v) is 4.72. The molecule has 17 heavy (non-hydrogen) atoms. The van der Waals surface area contributed by atoms with Gasteiger partial charge in [-0.15, -0.1) is 0 Å². The predicted octanol–water partition coefficient (Wildman–Crippen LogP) is 2.11. The van der Waals surface area contributed by atoms with Crippen molar-refractivity contribution < 1.29 is 4.79 Å². The normalized spacial score (nSPS) is 10.8. The Kier molecular flexibility index (Phi) is 5.70. The summed E-state index contributed by atoms with van der Waals surface area (Å²) in [4.78, 5) is 13.8. The summed E-state index contributed by atoms with van der Waals surface area (Å²) in [5.41, 5.74) is 7.39. The molecule has 0 radical (unpaired) electrons. The van der Waals surface area contributed by atoms with Crippen molar-refractivity contribution >= 4 is 11.5 Å². The van der Waals surface area contributed by atoms with E-state index in [1.165, 1.54) is 0 Å². The van der Waals surface area contributed by atoms with Gasteiger partial charge in [0.05, 0.1) is 0 Å². The number of nitrogens with two attached hydrogens (primary N) is 1. The van der Waals surface area contributed by atoms with Crippen LogP contribution in [0.4, 0.5) is 5.69 Å². The fraction of sp³-hybridized carbons (Fsp3) is 0.500. The van der Waals surface area contributed by atoms with Gasteiger partial charge in [-0.1, -0.05) is 12.1 Å². The maximum Gasteiger partial charge on any atom is 0.137 e. The highest BCUT2D eigenvalue weighted by atomic mass is 16.1. The molecule has 0 atom stereocenters. The smallest absolute Gasteiger partial charge is 0.137 e. The number of carbonyl (C=O) groups excluding carboxylic acids is 1. The van der Waals surface area contributed by atoms with Gasteiger partial charge in [-0.05, 0) is 51.2 Å². The Morgan fingerprint density at radius 2 is 1.82 bits per heavy atom. The van der Waals surface area contributed by atoms with E-state index in [-0.39, 0.29) is 0 Å². The first-order valence-corrected chi connectivity index (χ1v) is 6.09. The Bertz CT molecular complexity index is 344. The highest BCUT2D eigenvalue weighted by Crippen LogP contribution is 2.08. The molecule has 0 saturated carbocycles. The average Bonchev–Trinajstić information content (AvgIpc) is 2.27. The third-order valence-corrected chi connectivity index (χ3v) is 2.69. The van der Waals surface area contributed by atoms with Crippen molar-refractivity contribution in [2.24, 2.45) is 0 Å². The number of nitrogen functional groups attached to an aromatic ring is 1. The van der Waals surface area contributed by atoms with Crippen LogP contribution in [-0.2, 0) is 11.2 Å². The van der Waals surface area contributed by atoms with Gasteiger partial charge < -0.3 is 10.6 Å². The standard InChI is InChI=1S/C14H22N2O/c1-16(2)10-4-3-5-14(17)11-12-6-8-13(15)9-7-12/h6-9H,3-5,10-11,15H2,1-2H3. The molecule has 0 aliphatic carbocycles. The number of carbonyl (C=O) groups is 1. The van der Waals surface area contributed by atoms with Gasteiger partial charge >= 0.3 is 0 Å². The van der Waals surface area contributed by atoms with E-state index in [1.807, 2.05) is 24.3 Å². The lowest BCUT2D eigenvalue weighted by atomic mass is 10.0. The largest absolute Gasteiger partial charge is 0.399 e. The van der Waals surface area contributed by atoms with Crippen molar-refractivity contribution in [1.29, 1.82) is 0 Å². The Morgan fingerprint density at radius 1 is 1.18 bits per heavy atom. The van der Waals surface area contributed by atoms with Gasteiger partial charge in [0.2, 0.25) is 0 Å². The van der Waals surface area contributed by atoms with Crippen molar-refractivity contribution in [2.45, 2.75) is 25.7 Å². The number of nitrogens with zero attached hydrogens (tertiary/aromatic N) is 1. The minimum absolute atomic E-state index is 0.313. The van der Waals surface area contributed by atoms with Crippen molar-refractivity contribution in [3.63, 3.8) is 0 Å². The van der Waals surface area contributed by atoms with E-state index in [0.717, 1.165) is 30.6 Å². The highest BCUT2D eigenvalue weighted by Gasteiger charge is 2.03. The van der Waals surface area contributed by atoms with Gasteiger partial charge in [-0.3, -0.25) is 4.79 Å². The molecule has 94 valence electrons. The molecule has 3 nitrogen and oxygen atoms in total. The number of hydrogen-bond acceptors (Lipinski definition) is 3. The molecule has 0 aromatic heterocycles. The second-order valence-electron chi connectivity index (χ2n) is 4.72. The molecule has 0 bridgehead atoms. The van der Waals surface area contributed by atoms with Gasteiger partial charge in [-0.25, -0.2) is 0 Å². The van der Waals surface area contributed by atoms with Gasteiger partial charge in [0.25, 0.3) is 0 Å². The lowest BCUT2D eigenvalue weighted by molar-refractivity contribution is -0.118. The summed E-state index contributed by atoms with van der Waals surface area (Å²) >= 11 is 0. The number of benzene rings is 1. The monoisotopic (exact) mass is 234 g/mol. The van der Waals surface area contributed by atoms with Crippen LogP contribution in [0.25, 0.3) is 0 Å². The van der Waals surface area contributed by atoms with Crippen molar-refractivity contribution in [3.8, 4) is 0 Å². The van der Waals surface area contributed by atoms with E-state index >= 15 is 0 Å². The van der Waals surface area contributed by atoms with E-state index in [9.17, 15) is 4.79 Å². The molecule has 0 aliphatic heterocycles. The van der Waals surface area contributed by atoms with Gasteiger partial charge in [-0.2, -0.15) is 0 Å². The Morgan fingerprint density at radius 3 is 2.41 bits per heavy atom. The maximum atomic E-state index is 11.7. The van der Waals surface area contributed by atoms with Crippen LogP contribution in [0.2, 0.25) is 0 Å². The number of unbranched alkanes of at least 4 members (excludes halogenated alkanes) is 1. The third kappa shape index (κ3) is 6.07. The van der Waals surface area contributed by atoms with Gasteiger partial charge in [0.15, 0.2) is 0 Å². The number of anilines is 1. The third-order valence-electron chi connectivity index (χ3n) is 2.69. The lowest BCUT2D eigenvalue weighted by Gasteiger charge is -2.08. The topological polar surface area (TPSA) is 46.3 Å². The summed E-state index contributed by atoms with van der Waals surface area (Å²) in [6, 6.07) is 7.53. The fourth-order valence-electron chi connectivity index (χ4n) is 1.70. The summed E-state index contributed by atoms with van der Waals surface area (Å²) in [6.45, 7) is 1.05. The molecule has 0 unspecified atom stereocenters. The van der Waals surface area contributed by atoms with Crippen LogP contribution in [0.1, 0.15) is 24.8 Å². The zero-order valence-corrected chi connectivity index (χ0v) is 10.8. The molecule has 3 heteroatoms. The molecule has 0 spiro atoms. The fourth-order valence-corrected chi connectivity index (χ4v) is 1.70. The highest BCUT2D eigenvalue weighted by molar-refractivity contribution is 5.80. The molecule has 0 fully saturated rings. The van der Waals surface area contributed by atoms with E-state index < -0.39 is 0 Å². The van der Waals surface area contributed by atoms with Crippen LogP contribution >= 0.6 is 0 Å². The molecule has 0 amide bonds. The van der Waals surface area contributed by atoms with Crippen LogP contribution in [-0.4, -0.2) is 31.3 Å². The number of ketones is 1. The second kappa shape index (κ2) is 7.07. The molecule has 0 saturated heterocycles. The lowest BCUT2D eigenvalue weighted by Crippen LogP contribution is -2.13. The maximum absolute atomic E-state index is 11.7. The predicted molar refractivity (Wildman–Crippen MR) is 72.0 cm³/mol. The molecule has 1 rings (SSSR count). The molecule has 1 aromatic rings. The van der Waals surface area contributed by atoms with Crippen molar-refractivity contribution in [1.82, 2.24) is 4.90 Å². The summed E-state index contributed by atoms with van der Waals surface area (Å²) < 4.78 is 0. The molecule has 1 aromatic carbocycles. The Balaban J connectivity index is 2.23. The van der Waals surface area contributed by atoms with Crippen molar-refractivity contribution in [2.75, 3.05) is 26.4 Å². The van der Waals surface area contributed by atoms with Crippen LogP contribution < -0.4 is 5.73 Å². The van der Waals surface area contributed by atoms with Gasteiger partial charge in [0, 0.05) is 18.5 Å². The van der Waals surface area contributed by atoms with Crippen LogP contribution in [0.5, 0.6) is 0 Å². The molecular formula is C14H22N2O. The van der Waals surface area contributed by atoms with Crippen LogP contribution in [0, 0.1) is 0 Å². The number of rotatable bonds is 7. The van der Waals surface area contributed by atoms with E-state index in [0.29, 0.717) is 18.6 Å². The summed E-state index contributed by atoms with van der Waals surface area (Å²) in [6.07, 6.45) is 3.27. The minimum atomic E-state index is 0.313. The van der Waals surface area contributed by atoms with E-state index in [1.54, 1.807) is 0 Å². The number of hydrogen-bond donors (Lipinski definition) is 1. The van der Waals surface area contributed by atoms with Gasteiger partial charge in [0.1, 0.15) is 5.78 Å². The average molecular weight is 234 g/mol. The zero-order chi connectivity index (χ0) is 12.7. The summed E-state index contributed by atoms with van der Waals surface area (Å²) in [5, 5.41) is 0. The molecular weight excluding hydrogens is 212 g/mol. The Labute approximate surface area is 104 Å². The SMILES string of the molecule is CN(C)CCCCC(=O)Cc1ccc(N)cc1. The first-order chi connectivity index (χ1) is 8.08. The number of Topliss-reactive ketones (excluding diaryl/α,β-unsaturated/α-hetero) is 1. The first-order valence-electron chi connectivity index (χ1n) is 6.09. The molecule has 2 N–H and O–H groups in total. The minimum Gasteiger partial charge on any atom is -0.399 e. The zero-order valence-electron chi connectivity index (χ0n) is 10.8. The molecule has 0 heterocycles.